The number of carbonyl (C=O) groups is 1. The Hall–Kier alpha value is -3.18. The van der Waals surface area contributed by atoms with Gasteiger partial charge in [-0.1, -0.05) is 29.3 Å². The summed E-state index contributed by atoms with van der Waals surface area (Å²) in [7, 11) is 0. The summed E-state index contributed by atoms with van der Waals surface area (Å²) in [4.78, 5) is 24.2. The van der Waals surface area contributed by atoms with Gasteiger partial charge in [-0.15, -0.1) is 0 Å². The van der Waals surface area contributed by atoms with Gasteiger partial charge < -0.3 is 9.64 Å². The third kappa shape index (κ3) is 4.77. The van der Waals surface area contributed by atoms with Crippen LogP contribution in [0.2, 0.25) is 10.0 Å². The van der Waals surface area contributed by atoms with Crippen LogP contribution in [0.25, 0.3) is 16.0 Å². The maximum Gasteiger partial charge on any atom is 0.258 e. The molecule has 2 heterocycles. The van der Waals surface area contributed by atoms with Gasteiger partial charge in [0.15, 0.2) is 5.11 Å². The molecule has 1 fully saturated rings. The first-order chi connectivity index (χ1) is 17.2. The molecule has 1 aliphatic heterocycles. The standard InChI is InChI=1S/C27H24Cl2N4O2S/c1-17-23(9-8-22(30-4)24(17)29)33-25(34)27(2,3)32(26(33)36)14-5-15-35-19-6-7-20(21(28)16-19)18-10-12-31-13-11-18/h6-13,16H,5,14-15H2,1-3H3. The van der Waals surface area contributed by atoms with Gasteiger partial charge >= 0.3 is 0 Å². The quantitative estimate of drug-likeness (QED) is 0.182. The van der Waals surface area contributed by atoms with Crippen molar-refractivity contribution < 1.29 is 9.53 Å². The Morgan fingerprint density at radius 1 is 1.14 bits per heavy atom. The predicted octanol–water partition coefficient (Wildman–Crippen LogP) is 7.10. The maximum absolute atomic E-state index is 13.4. The van der Waals surface area contributed by atoms with E-state index < -0.39 is 5.54 Å². The molecule has 0 atom stereocenters. The third-order valence-corrected chi connectivity index (χ3v) is 7.44. The van der Waals surface area contributed by atoms with Gasteiger partial charge in [0, 0.05) is 24.5 Å². The van der Waals surface area contributed by atoms with Crippen LogP contribution in [0, 0.1) is 13.5 Å². The average Bonchev–Trinajstić information content (AvgIpc) is 3.03. The molecule has 184 valence electrons. The van der Waals surface area contributed by atoms with Crippen molar-refractivity contribution in [1.82, 2.24) is 9.88 Å². The Morgan fingerprint density at radius 3 is 2.53 bits per heavy atom. The van der Waals surface area contributed by atoms with Crippen molar-refractivity contribution in [1.29, 1.82) is 0 Å². The van der Waals surface area contributed by atoms with Crippen LogP contribution >= 0.6 is 35.4 Å². The van der Waals surface area contributed by atoms with Crippen LogP contribution in [0.3, 0.4) is 0 Å². The van der Waals surface area contributed by atoms with E-state index in [9.17, 15) is 4.79 Å². The zero-order valence-corrected chi connectivity index (χ0v) is 22.4. The minimum absolute atomic E-state index is 0.137. The zero-order valence-electron chi connectivity index (χ0n) is 20.1. The summed E-state index contributed by atoms with van der Waals surface area (Å²) in [6.07, 6.45) is 4.10. The van der Waals surface area contributed by atoms with E-state index in [4.69, 9.17) is 46.7 Å². The molecule has 2 aromatic carbocycles. The van der Waals surface area contributed by atoms with Crippen molar-refractivity contribution in [3.63, 3.8) is 0 Å². The van der Waals surface area contributed by atoms with Crippen LogP contribution in [0.15, 0.2) is 54.9 Å². The fraction of sp³-hybridized carbons (Fsp3) is 0.259. The van der Waals surface area contributed by atoms with E-state index in [0.29, 0.717) is 57.4 Å². The fourth-order valence-electron chi connectivity index (χ4n) is 4.18. The lowest BCUT2D eigenvalue weighted by Crippen LogP contribution is -2.44. The highest BCUT2D eigenvalue weighted by Gasteiger charge is 2.49. The molecule has 3 aromatic rings. The van der Waals surface area contributed by atoms with E-state index in [1.807, 2.05) is 43.0 Å². The van der Waals surface area contributed by atoms with E-state index in [-0.39, 0.29) is 5.91 Å². The van der Waals surface area contributed by atoms with Crippen molar-refractivity contribution in [2.24, 2.45) is 0 Å². The first-order valence-electron chi connectivity index (χ1n) is 11.3. The minimum atomic E-state index is -0.829. The van der Waals surface area contributed by atoms with Crippen LogP contribution in [0.5, 0.6) is 5.75 Å². The number of ether oxygens (including phenoxy) is 1. The molecule has 0 aliphatic carbocycles. The van der Waals surface area contributed by atoms with E-state index in [2.05, 4.69) is 9.83 Å². The van der Waals surface area contributed by atoms with Crippen molar-refractivity contribution in [3.05, 3.63) is 81.9 Å². The molecule has 0 unspecified atom stereocenters. The van der Waals surface area contributed by atoms with E-state index in [1.165, 1.54) is 4.90 Å². The van der Waals surface area contributed by atoms with Gasteiger partial charge in [-0.05, 0) is 86.9 Å². The lowest BCUT2D eigenvalue weighted by atomic mass is 10.0. The molecule has 4 rings (SSSR count). The molecular formula is C27H24Cl2N4O2S. The Balaban J connectivity index is 1.42. The summed E-state index contributed by atoms with van der Waals surface area (Å²) in [5, 5.41) is 1.33. The normalized spacial score (nSPS) is 14.8. The molecule has 0 spiro atoms. The van der Waals surface area contributed by atoms with Crippen molar-refractivity contribution in [2.75, 3.05) is 18.1 Å². The van der Waals surface area contributed by atoms with E-state index in [0.717, 1.165) is 11.1 Å². The number of amides is 1. The van der Waals surface area contributed by atoms with Gasteiger partial charge in [0.2, 0.25) is 5.69 Å². The molecule has 0 bridgehead atoms. The Morgan fingerprint density at radius 2 is 1.86 bits per heavy atom. The Kier molecular flexibility index (Phi) is 7.51. The topological polar surface area (TPSA) is 50.0 Å². The van der Waals surface area contributed by atoms with Gasteiger partial charge in [-0.2, -0.15) is 0 Å². The Bertz CT molecular complexity index is 1370. The summed E-state index contributed by atoms with van der Waals surface area (Å²) in [5.74, 6) is 0.533. The van der Waals surface area contributed by atoms with Gasteiger partial charge in [-0.25, -0.2) is 4.85 Å². The fourth-order valence-corrected chi connectivity index (χ4v) is 5.16. The molecule has 36 heavy (non-hydrogen) atoms. The van der Waals surface area contributed by atoms with Gasteiger partial charge in [0.25, 0.3) is 5.91 Å². The smallest absolute Gasteiger partial charge is 0.258 e. The average molecular weight is 539 g/mol. The van der Waals surface area contributed by atoms with Crippen molar-refractivity contribution >= 4 is 57.8 Å². The second-order valence-corrected chi connectivity index (χ2v) is 10.0. The maximum atomic E-state index is 13.4. The number of hydrogen-bond donors (Lipinski definition) is 0. The zero-order chi connectivity index (χ0) is 26.0. The highest BCUT2D eigenvalue weighted by Crippen LogP contribution is 2.39. The number of aromatic nitrogens is 1. The SMILES string of the molecule is [C-]#[N+]c1ccc(N2C(=O)C(C)(C)N(CCCOc3ccc(-c4ccncc4)c(Cl)c3)C2=S)c(C)c1Cl. The second-order valence-electron chi connectivity index (χ2n) is 8.87. The molecule has 0 N–H and O–H groups in total. The second kappa shape index (κ2) is 10.4. The molecule has 0 radical (unpaired) electrons. The molecule has 6 nitrogen and oxygen atoms in total. The van der Waals surface area contributed by atoms with Crippen LogP contribution < -0.4 is 9.64 Å². The van der Waals surface area contributed by atoms with Gasteiger partial charge in [0.05, 0.1) is 28.9 Å². The molecule has 1 amide bonds. The highest BCUT2D eigenvalue weighted by atomic mass is 35.5. The summed E-state index contributed by atoms with van der Waals surface area (Å²) in [6, 6.07) is 12.8. The highest BCUT2D eigenvalue weighted by molar-refractivity contribution is 7.80. The number of halogens is 2. The van der Waals surface area contributed by atoms with Crippen LogP contribution in [0.4, 0.5) is 11.4 Å². The summed E-state index contributed by atoms with van der Waals surface area (Å²) in [6.45, 7) is 13.7. The predicted molar refractivity (Wildman–Crippen MR) is 148 cm³/mol. The number of benzene rings is 2. The third-order valence-electron chi connectivity index (χ3n) is 6.25. The minimum Gasteiger partial charge on any atom is -0.493 e. The lowest BCUT2D eigenvalue weighted by molar-refractivity contribution is -0.123. The van der Waals surface area contributed by atoms with Gasteiger partial charge in [0.1, 0.15) is 11.3 Å². The number of nitrogens with zero attached hydrogens (tertiary/aromatic N) is 4. The molecule has 0 saturated carbocycles. The number of pyridine rings is 1. The number of carbonyl (C=O) groups excluding carboxylic acids is 1. The largest absolute Gasteiger partial charge is 0.493 e. The van der Waals surface area contributed by atoms with Gasteiger partial charge in [-0.3, -0.25) is 14.7 Å². The summed E-state index contributed by atoms with van der Waals surface area (Å²) >= 11 is 18.6. The number of thiocarbonyl (C=S) groups is 1. The molecule has 1 aromatic heterocycles. The molecule has 1 saturated heterocycles. The molecule has 9 heteroatoms. The summed E-state index contributed by atoms with van der Waals surface area (Å²) in [5.41, 5.74) is 2.66. The van der Waals surface area contributed by atoms with E-state index in [1.54, 1.807) is 37.5 Å². The van der Waals surface area contributed by atoms with E-state index >= 15 is 0 Å². The Labute approximate surface area is 226 Å². The number of hydrogen-bond acceptors (Lipinski definition) is 4. The molecule has 1 aliphatic rings. The van der Waals surface area contributed by atoms with Crippen LogP contribution in [-0.2, 0) is 4.79 Å². The van der Waals surface area contributed by atoms with Crippen molar-refractivity contribution in [3.8, 4) is 16.9 Å². The van der Waals surface area contributed by atoms with Crippen LogP contribution in [0.1, 0.15) is 25.8 Å². The first-order valence-corrected chi connectivity index (χ1v) is 12.5. The summed E-state index contributed by atoms with van der Waals surface area (Å²) < 4.78 is 5.93. The number of anilines is 1. The molecular weight excluding hydrogens is 515 g/mol. The number of rotatable bonds is 7. The first kappa shape index (κ1) is 25.9. The van der Waals surface area contributed by atoms with Crippen LogP contribution in [-0.4, -0.2) is 39.6 Å². The van der Waals surface area contributed by atoms with Crippen molar-refractivity contribution in [2.45, 2.75) is 32.7 Å². The lowest BCUT2D eigenvalue weighted by Gasteiger charge is -2.29. The monoisotopic (exact) mass is 538 g/mol.